The van der Waals surface area contributed by atoms with Gasteiger partial charge in [0.05, 0.1) is 17.9 Å². The Morgan fingerprint density at radius 1 is 1.06 bits per heavy atom. The zero-order valence-electron chi connectivity index (χ0n) is 27.5. The number of nitrogens with zero attached hydrogens (tertiary/aromatic N) is 3. The first-order valence-corrected chi connectivity index (χ1v) is 15.8. The number of rotatable bonds is 9. The summed E-state index contributed by atoms with van der Waals surface area (Å²) in [5.74, 6) is -0.673. The summed E-state index contributed by atoms with van der Waals surface area (Å²) in [6.45, 7) is 9.42. The maximum absolute atomic E-state index is 15.6. The number of fused-ring (bicyclic) bond motifs is 2. The summed E-state index contributed by atoms with van der Waals surface area (Å²) in [4.78, 5) is 30.8. The van der Waals surface area contributed by atoms with Crippen LogP contribution < -0.4 is 14.8 Å². The molecule has 11 heteroatoms. The summed E-state index contributed by atoms with van der Waals surface area (Å²) in [6, 6.07) is 19.7. The SMILES string of the molecule is Cc1nc2cc(C(=O)NCc3ccc(Oc4ccccc4)cc3)nn2c(-c2cc(F)c3c(c2C)CCCO3)c1[C@H](OC(C)(C)C)C(=O)O. The van der Waals surface area contributed by atoms with Crippen LogP contribution in [0.1, 0.15) is 71.7 Å². The largest absolute Gasteiger partial charge is 0.490 e. The lowest BCUT2D eigenvalue weighted by atomic mass is 9.91. The first-order chi connectivity index (χ1) is 22.9. The molecule has 1 aliphatic heterocycles. The Morgan fingerprint density at radius 2 is 1.77 bits per heavy atom. The van der Waals surface area contributed by atoms with Gasteiger partial charge in [-0.2, -0.15) is 5.10 Å². The summed E-state index contributed by atoms with van der Waals surface area (Å²) in [6.07, 6.45) is -0.141. The van der Waals surface area contributed by atoms with Gasteiger partial charge in [-0.25, -0.2) is 18.7 Å². The standard InChI is InChI=1S/C37H37FN4O6/c1-21-26-12-9-17-46-33(26)28(38)18-27(21)32-31(34(36(44)45)48-37(3,4)5)22(2)40-30-19-29(41-42(30)32)35(43)39-20-23-13-15-25(16-14-23)47-24-10-7-6-8-11-24/h6-8,10-11,13-16,18-19,34H,9,12,17,20H2,1-5H3,(H,39,43)(H,44,45)/t34-/m0/s1. The maximum Gasteiger partial charge on any atom is 0.337 e. The van der Waals surface area contributed by atoms with Crippen LogP contribution in [0.15, 0.2) is 66.7 Å². The summed E-state index contributed by atoms with van der Waals surface area (Å²) in [5, 5.41) is 17.9. The molecular formula is C37H37FN4O6. The number of carboxylic acid groups (broad SMARTS) is 1. The van der Waals surface area contributed by atoms with E-state index in [1.807, 2.05) is 61.5 Å². The molecule has 10 nitrogen and oxygen atoms in total. The third-order valence-electron chi connectivity index (χ3n) is 8.07. The Kier molecular flexibility index (Phi) is 8.89. The summed E-state index contributed by atoms with van der Waals surface area (Å²) < 4.78 is 34.6. The Bertz CT molecular complexity index is 2000. The number of aliphatic carboxylic acids is 1. The molecule has 48 heavy (non-hydrogen) atoms. The van der Waals surface area contributed by atoms with Crippen LogP contribution in [-0.4, -0.2) is 43.8 Å². The second kappa shape index (κ2) is 13.1. The number of carbonyl (C=O) groups is 2. The molecule has 0 radical (unpaired) electrons. The van der Waals surface area contributed by atoms with Gasteiger partial charge in [0.15, 0.2) is 29.0 Å². The molecule has 0 unspecified atom stereocenters. The minimum absolute atomic E-state index is 0.0624. The van der Waals surface area contributed by atoms with Crippen LogP contribution in [0.5, 0.6) is 17.2 Å². The lowest BCUT2D eigenvalue weighted by Gasteiger charge is -2.28. The van der Waals surface area contributed by atoms with Crippen molar-refractivity contribution in [2.75, 3.05) is 6.61 Å². The number of aromatic nitrogens is 3. The molecule has 2 aromatic heterocycles. The molecule has 0 saturated heterocycles. The second-order valence-corrected chi connectivity index (χ2v) is 12.7. The molecule has 0 spiro atoms. The topological polar surface area (TPSA) is 124 Å². The molecule has 1 amide bonds. The number of hydrogen-bond donors (Lipinski definition) is 2. The summed E-state index contributed by atoms with van der Waals surface area (Å²) in [7, 11) is 0. The number of carboxylic acids is 1. The van der Waals surface area contributed by atoms with E-state index in [0.717, 1.165) is 16.9 Å². The second-order valence-electron chi connectivity index (χ2n) is 12.7. The zero-order chi connectivity index (χ0) is 34.2. The number of benzene rings is 3. The molecule has 0 aliphatic carbocycles. The quantitative estimate of drug-likeness (QED) is 0.172. The maximum atomic E-state index is 15.6. The third-order valence-corrected chi connectivity index (χ3v) is 8.07. The fourth-order valence-electron chi connectivity index (χ4n) is 5.88. The van der Waals surface area contributed by atoms with Crippen LogP contribution in [0.3, 0.4) is 0 Å². The number of carbonyl (C=O) groups excluding carboxylic acids is 1. The monoisotopic (exact) mass is 652 g/mol. The molecule has 0 saturated carbocycles. The molecular weight excluding hydrogens is 615 g/mol. The molecule has 6 rings (SSSR count). The van der Waals surface area contributed by atoms with Gasteiger partial charge in [-0.1, -0.05) is 30.3 Å². The number of amides is 1. The highest BCUT2D eigenvalue weighted by Gasteiger charge is 2.35. The molecule has 3 heterocycles. The number of hydrogen-bond acceptors (Lipinski definition) is 7. The Labute approximate surface area is 277 Å². The van der Waals surface area contributed by atoms with E-state index < -0.39 is 29.4 Å². The summed E-state index contributed by atoms with van der Waals surface area (Å²) >= 11 is 0. The van der Waals surface area contributed by atoms with Gasteiger partial charge in [-0.15, -0.1) is 0 Å². The van der Waals surface area contributed by atoms with Crippen molar-refractivity contribution in [3.05, 3.63) is 106 Å². The zero-order valence-corrected chi connectivity index (χ0v) is 27.5. The van der Waals surface area contributed by atoms with Gasteiger partial charge in [0.1, 0.15) is 11.5 Å². The smallest absolute Gasteiger partial charge is 0.337 e. The van der Waals surface area contributed by atoms with Crippen molar-refractivity contribution >= 4 is 17.5 Å². The van der Waals surface area contributed by atoms with Crippen molar-refractivity contribution in [3.63, 3.8) is 0 Å². The van der Waals surface area contributed by atoms with Crippen molar-refractivity contribution in [2.24, 2.45) is 0 Å². The van der Waals surface area contributed by atoms with E-state index >= 15 is 4.39 Å². The van der Waals surface area contributed by atoms with Crippen LogP contribution in [0.4, 0.5) is 4.39 Å². The van der Waals surface area contributed by atoms with Crippen molar-refractivity contribution in [1.82, 2.24) is 19.9 Å². The van der Waals surface area contributed by atoms with Crippen LogP contribution in [0.25, 0.3) is 16.9 Å². The highest BCUT2D eigenvalue weighted by molar-refractivity contribution is 5.93. The minimum atomic E-state index is -1.46. The average Bonchev–Trinajstić information content (AvgIpc) is 3.48. The van der Waals surface area contributed by atoms with E-state index in [9.17, 15) is 14.7 Å². The number of nitrogens with one attached hydrogen (secondary N) is 1. The normalized spacial score (nSPS) is 13.5. The fraction of sp³-hybridized carbons (Fsp3) is 0.297. The minimum Gasteiger partial charge on any atom is -0.490 e. The van der Waals surface area contributed by atoms with Crippen LogP contribution in [0, 0.1) is 19.7 Å². The van der Waals surface area contributed by atoms with E-state index in [2.05, 4.69) is 15.4 Å². The van der Waals surface area contributed by atoms with Gasteiger partial charge in [-0.3, -0.25) is 4.79 Å². The van der Waals surface area contributed by atoms with E-state index in [1.54, 1.807) is 27.7 Å². The molecule has 1 aliphatic rings. The van der Waals surface area contributed by atoms with Crippen LogP contribution in [-0.2, 0) is 22.5 Å². The predicted molar refractivity (Wildman–Crippen MR) is 177 cm³/mol. The first-order valence-electron chi connectivity index (χ1n) is 15.8. The first kappa shape index (κ1) is 32.6. The van der Waals surface area contributed by atoms with E-state index in [0.29, 0.717) is 47.7 Å². The van der Waals surface area contributed by atoms with Crippen molar-refractivity contribution in [1.29, 1.82) is 0 Å². The number of aryl methyl sites for hydroxylation is 1. The summed E-state index contributed by atoms with van der Waals surface area (Å²) in [5.41, 5.74) is 3.07. The number of para-hydroxylation sites is 1. The lowest BCUT2D eigenvalue weighted by Crippen LogP contribution is -2.29. The van der Waals surface area contributed by atoms with Crippen molar-refractivity contribution in [3.8, 4) is 28.5 Å². The molecule has 0 bridgehead atoms. The Morgan fingerprint density at radius 3 is 2.46 bits per heavy atom. The molecule has 248 valence electrons. The molecule has 1 atom stereocenters. The average molecular weight is 653 g/mol. The fourth-order valence-corrected chi connectivity index (χ4v) is 5.88. The highest BCUT2D eigenvalue weighted by atomic mass is 19.1. The predicted octanol–water partition coefficient (Wildman–Crippen LogP) is 7.14. The number of ether oxygens (including phenoxy) is 3. The third kappa shape index (κ3) is 6.72. The number of halogens is 1. The van der Waals surface area contributed by atoms with Crippen molar-refractivity contribution in [2.45, 2.75) is 65.7 Å². The Balaban J connectivity index is 1.38. The van der Waals surface area contributed by atoms with Crippen molar-refractivity contribution < 1.29 is 33.3 Å². The highest BCUT2D eigenvalue weighted by Crippen LogP contribution is 2.41. The van der Waals surface area contributed by atoms with Crippen LogP contribution in [0.2, 0.25) is 0 Å². The van der Waals surface area contributed by atoms with Gasteiger partial charge in [0.2, 0.25) is 0 Å². The van der Waals surface area contributed by atoms with E-state index in [4.69, 9.17) is 14.2 Å². The Hall–Kier alpha value is -5.29. The van der Waals surface area contributed by atoms with E-state index in [-0.39, 0.29) is 29.2 Å². The van der Waals surface area contributed by atoms with Gasteiger partial charge in [0.25, 0.3) is 5.91 Å². The van der Waals surface area contributed by atoms with Crippen LogP contribution >= 0.6 is 0 Å². The molecule has 5 aromatic rings. The van der Waals surface area contributed by atoms with Gasteiger partial charge >= 0.3 is 5.97 Å². The molecule has 3 aromatic carbocycles. The van der Waals surface area contributed by atoms with Gasteiger partial charge in [0, 0.05) is 35.0 Å². The molecule has 2 N–H and O–H groups in total. The van der Waals surface area contributed by atoms with Gasteiger partial charge in [-0.05, 0) is 88.9 Å². The lowest BCUT2D eigenvalue weighted by molar-refractivity contribution is -0.160. The van der Waals surface area contributed by atoms with E-state index in [1.165, 1.54) is 16.6 Å². The van der Waals surface area contributed by atoms with Gasteiger partial charge < -0.3 is 24.6 Å². The molecule has 0 fully saturated rings.